The fraction of sp³-hybridized carbons (Fsp3) is 0.636. The van der Waals surface area contributed by atoms with Crippen molar-refractivity contribution in [3.05, 3.63) is 21.3 Å². The summed E-state index contributed by atoms with van der Waals surface area (Å²) in [6, 6.07) is 4.28. The molecule has 2 nitrogen and oxygen atoms in total. The van der Waals surface area contributed by atoms with Gasteiger partial charge in [-0.3, -0.25) is 11.3 Å². The molecule has 15 heavy (non-hydrogen) atoms. The van der Waals surface area contributed by atoms with Crippen LogP contribution in [0.1, 0.15) is 43.5 Å². The van der Waals surface area contributed by atoms with Gasteiger partial charge in [0, 0.05) is 4.88 Å². The van der Waals surface area contributed by atoms with Crippen LogP contribution in [0.4, 0.5) is 0 Å². The van der Waals surface area contributed by atoms with E-state index >= 15 is 0 Å². The highest BCUT2D eigenvalue weighted by Gasteiger charge is 2.37. The number of nitrogens with two attached hydrogens (primary N) is 1. The van der Waals surface area contributed by atoms with E-state index in [1.807, 2.05) is 6.07 Å². The van der Waals surface area contributed by atoms with Crippen LogP contribution in [0.2, 0.25) is 4.34 Å². The van der Waals surface area contributed by atoms with Crippen molar-refractivity contribution in [2.24, 2.45) is 11.3 Å². The highest BCUT2D eigenvalue weighted by atomic mass is 35.5. The molecule has 1 atom stereocenters. The van der Waals surface area contributed by atoms with E-state index in [-0.39, 0.29) is 6.04 Å². The lowest BCUT2D eigenvalue weighted by atomic mass is 9.80. The third kappa shape index (κ3) is 2.21. The Hall–Kier alpha value is -0.0900. The Morgan fingerprint density at radius 2 is 2.13 bits per heavy atom. The average molecular weight is 245 g/mol. The highest BCUT2D eigenvalue weighted by molar-refractivity contribution is 7.16. The maximum atomic E-state index is 5.96. The number of hydrogen-bond donors (Lipinski definition) is 2. The molecule has 0 aromatic carbocycles. The molecule has 1 heterocycles. The smallest absolute Gasteiger partial charge is 0.0931 e. The Morgan fingerprint density at radius 1 is 1.47 bits per heavy atom. The van der Waals surface area contributed by atoms with Gasteiger partial charge in [-0.05, 0) is 30.4 Å². The first-order chi connectivity index (χ1) is 7.15. The molecule has 0 bridgehead atoms. The molecule has 3 N–H and O–H groups in total. The van der Waals surface area contributed by atoms with Gasteiger partial charge in [-0.2, -0.15) is 0 Å². The number of hydrogen-bond acceptors (Lipinski definition) is 3. The molecule has 1 unspecified atom stereocenters. The van der Waals surface area contributed by atoms with Crippen LogP contribution < -0.4 is 11.3 Å². The van der Waals surface area contributed by atoms with Crippen LogP contribution in [0, 0.1) is 5.41 Å². The predicted molar refractivity (Wildman–Crippen MR) is 66.0 cm³/mol. The number of thiophene rings is 1. The van der Waals surface area contributed by atoms with E-state index in [0.717, 1.165) is 4.34 Å². The zero-order valence-electron chi connectivity index (χ0n) is 8.92. The van der Waals surface area contributed by atoms with Gasteiger partial charge in [0.05, 0.1) is 10.4 Å². The minimum absolute atomic E-state index is 0.248. The molecule has 0 spiro atoms. The van der Waals surface area contributed by atoms with E-state index < -0.39 is 0 Å². The molecule has 0 aliphatic heterocycles. The fourth-order valence-corrected chi connectivity index (χ4v) is 3.88. The van der Waals surface area contributed by atoms with E-state index in [9.17, 15) is 0 Å². The molecule has 1 saturated carbocycles. The SMILES string of the molecule is CC1(C(NN)c2ccc(Cl)s2)CCCC1. The molecule has 1 aromatic heterocycles. The van der Waals surface area contributed by atoms with Gasteiger partial charge in [0.15, 0.2) is 0 Å². The summed E-state index contributed by atoms with van der Waals surface area (Å²) >= 11 is 7.59. The first kappa shape index (κ1) is 11.4. The summed E-state index contributed by atoms with van der Waals surface area (Å²) in [6.45, 7) is 2.32. The molecular formula is C11H17ClN2S. The van der Waals surface area contributed by atoms with Crippen molar-refractivity contribution >= 4 is 22.9 Å². The minimum atomic E-state index is 0.248. The minimum Gasteiger partial charge on any atom is -0.271 e. The Labute approximate surface area is 99.8 Å². The van der Waals surface area contributed by atoms with Gasteiger partial charge in [-0.1, -0.05) is 31.4 Å². The number of nitrogens with one attached hydrogen (secondary N) is 1. The van der Waals surface area contributed by atoms with Crippen LogP contribution in [0.3, 0.4) is 0 Å². The zero-order chi connectivity index (χ0) is 10.9. The van der Waals surface area contributed by atoms with Gasteiger partial charge in [-0.25, -0.2) is 0 Å². The Morgan fingerprint density at radius 3 is 2.60 bits per heavy atom. The van der Waals surface area contributed by atoms with Gasteiger partial charge in [0.2, 0.25) is 0 Å². The van der Waals surface area contributed by atoms with Gasteiger partial charge in [-0.15, -0.1) is 11.3 Å². The summed E-state index contributed by atoms with van der Waals surface area (Å²) in [5.74, 6) is 5.69. The van der Waals surface area contributed by atoms with E-state index in [1.54, 1.807) is 11.3 Å². The topological polar surface area (TPSA) is 38.0 Å². The lowest BCUT2D eigenvalue weighted by Gasteiger charge is -2.32. The summed E-state index contributed by atoms with van der Waals surface area (Å²) < 4.78 is 0.840. The summed E-state index contributed by atoms with van der Waals surface area (Å²) in [7, 11) is 0. The van der Waals surface area contributed by atoms with Crippen LogP contribution in [0.15, 0.2) is 12.1 Å². The van der Waals surface area contributed by atoms with Crippen molar-refractivity contribution in [3.8, 4) is 0 Å². The summed E-state index contributed by atoms with van der Waals surface area (Å²) in [6.07, 6.45) is 5.12. The van der Waals surface area contributed by atoms with Crippen molar-refractivity contribution in [1.29, 1.82) is 0 Å². The van der Waals surface area contributed by atoms with Crippen molar-refractivity contribution in [2.75, 3.05) is 0 Å². The lowest BCUT2D eigenvalue weighted by Crippen LogP contribution is -2.38. The van der Waals surface area contributed by atoms with Crippen molar-refractivity contribution in [2.45, 2.75) is 38.6 Å². The molecule has 0 amide bonds. The second kappa shape index (κ2) is 4.42. The predicted octanol–water partition coefficient (Wildman–Crippen LogP) is 3.49. The summed E-state index contributed by atoms with van der Waals surface area (Å²) in [5.41, 5.74) is 3.26. The molecular weight excluding hydrogens is 228 g/mol. The third-order valence-corrected chi connectivity index (χ3v) is 4.78. The van der Waals surface area contributed by atoms with Gasteiger partial charge < -0.3 is 0 Å². The first-order valence-corrected chi connectivity index (χ1v) is 6.56. The van der Waals surface area contributed by atoms with Crippen LogP contribution >= 0.6 is 22.9 Å². The van der Waals surface area contributed by atoms with Gasteiger partial charge >= 0.3 is 0 Å². The Bertz CT molecular complexity index is 331. The summed E-state index contributed by atoms with van der Waals surface area (Å²) in [5, 5.41) is 0. The maximum Gasteiger partial charge on any atom is 0.0931 e. The molecule has 1 aliphatic rings. The second-order valence-electron chi connectivity index (χ2n) is 4.60. The first-order valence-electron chi connectivity index (χ1n) is 5.37. The average Bonchev–Trinajstić information content (AvgIpc) is 2.78. The van der Waals surface area contributed by atoms with Crippen molar-refractivity contribution in [3.63, 3.8) is 0 Å². The quantitative estimate of drug-likeness (QED) is 0.631. The van der Waals surface area contributed by atoms with Crippen LogP contribution in [0.5, 0.6) is 0 Å². The van der Waals surface area contributed by atoms with Gasteiger partial charge in [0.25, 0.3) is 0 Å². The van der Waals surface area contributed by atoms with Crippen molar-refractivity contribution in [1.82, 2.24) is 5.43 Å². The molecule has 1 aliphatic carbocycles. The fourth-order valence-electron chi connectivity index (χ4n) is 2.58. The highest BCUT2D eigenvalue weighted by Crippen LogP contribution is 2.48. The van der Waals surface area contributed by atoms with E-state index in [2.05, 4.69) is 18.4 Å². The van der Waals surface area contributed by atoms with Crippen LogP contribution in [-0.2, 0) is 0 Å². The number of halogens is 1. The second-order valence-corrected chi connectivity index (χ2v) is 6.35. The molecule has 0 saturated heterocycles. The number of hydrazine groups is 1. The molecule has 4 heteroatoms. The normalized spacial score (nSPS) is 21.8. The Balaban J connectivity index is 2.23. The van der Waals surface area contributed by atoms with E-state index in [1.165, 1.54) is 30.6 Å². The molecule has 1 aromatic rings. The Kier molecular flexibility index (Phi) is 3.36. The molecule has 0 radical (unpaired) electrons. The van der Waals surface area contributed by atoms with Gasteiger partial charge in [0.1, 0.15) is 0 Å². The zero-order valence-corrected chi connectivity index (χ0v) is 10.5. The van der Waals surface area contributed by atoms with Crippen LogP contribution in [0.25, 0.3) is 0 Å². The maximum absolute atomic E-state index is 5.96. The molecule has 1 fully saturated rings. The largest absolute Gasteiger partial charge is 0.271 e. The monoisotopic (exact) mass is 244 g/mol. The van der Waals surface area contributed by atoms with Crippen LogP contribution in [-0.4, -0.2) is 0 Å². The molecule has 2 rings (SSSR count). The standard InChI is InChI=1S/C11H17ClN2S/c1-11(6-2-3-7-11)10(14-13)8-4-5-9(12)15-8/h4-5,10,14H,2-3,6-7,13H2,1H3. The lowest BCUT2D eigenvalue weighted by molar-refractivity contribution is 0.228. The van der Waals surface area contributed by atoms with E-state index in [0.29, 0.717) is 5.41 Å². The molecule has 84 valence electrons. The third-order valence-electron chi connectivity index (χ3n) is 3.49. The van der Waals surface area contributed by atoms with E-state index in [4.69, 9.17) is 17.4 Å². The van der Waals surface area contributed by atoms with Crippen molar-refractivity contribution < 1.29 is 0 Å². The summed E-state index contributed by atoms with van der Waals surface area (Å²) in [4.78, 5) is 1.26. The number of rotatable bonds is 3.